The number of non-ortho nitro benzene ring substituents is 1. The first-order valence-electron chi connectivity index (χ1n) is 5.49. The lowest BCUT2D eigenvalue weighted by Gasteiger charge is -2.08. The number of nitro groups is 1. The summed E-state index contributed by atoms with van der Waals surface area (Å²) in [6.45, 7) is 0. The van der Waals surface area contributed by atoms with Gasteiger partial charge in [-0.15, -0.1) is 0 Å². The van der Waals surface area contributed by atoms with Gasteiger partial charge >= 0.3 is 5.97 Å². The molecule has 0 saturated carbocycles. The lowest BCUT2D eigenvalue weighted by Crippen LogP contribution is -2.09. The molecule has 2 rings (SSSR count). The molecule has 0 amide bonds. The predicted octanol–water partition coefficient (Wildman–Crippen LogP) is 1.45. The summed E-state index contributed by atoms with van der Waals surface area (Å²) in [5, 5.41) is 24.2. The molecule has 0 aliphatic rings. The van der Waals surface area contributed by atoms with Crippen molar-refractivity contribution in [3.63, 3.8) is 0 Å². The quantitative estimate of drug-likeness (QED) is 0.511. The SMILES string of the molecule is COC(=O)c1conc1[C@@H](O)c1ccc([N+](=O)[O-])cc1. The summed E-state index contributed by atoms with van der Waals surface area (Å²) in [5.41, 5.74) is 0.230. The van der Waals surface area contributed by atoms with Crippen LogP contribution in [0.3, 0.4) is 0 Å². The molecule has 20 heavy (non-hydrogen) atoms. The summed E-state index contributed by atoms with van der Waals surface area (Å²) in [6, 6.07) is 5.24. The van der Waals surface area contributed by atoms with E-state index < -0.39 is 17.0 Å². The average Bonchev–Trinajstić information content (AvgIpc) is 2.95. The standard InChI is InChI=1S/C12H10N2O6/c1-19-12(16)9-6-20-13-10(9)11(15)7-2-4-8(5-3-7)14(17)18/h2-6,11,15H,1H3/t11-/m0/s1. The highest BCUT2D eigenvalue weighted by Gasteiger charge is 2.24. The third kappa shape index (κ3) is 2.50. The second kappa shape index (κ2) is 5.49. The molecule has 104 valence electrons. The third-order valence-electron chi connectivity index (χ3n) is 2.68. The fraction of sp³-hybridized carbons (Fsp3) is 0.167. The highest BCUT2D eigenvalue weighted by atomic mass is 16.6. The maximum Gasteiger partial charge on any atom is 0.343 e. The first-order valence-corrected chi connectivity index (χ1v) is 5.49. The van der Waals surface area contributed by atoms with Gasteiger partial charge in [0, 0.05) is 12.1 Å². The summed E-state index contributed by atoms with van der Waals surface area (Å²) >= 11 is 0. The number of esters is 1. The van der Waals surface area contributed by atoms with Gasteiger partial charge in [-0.2, -0.15) is 0 Å². The van der Waals surface area contributed by atoms with Crippen molar-refractivity contribution in [1.29, 1.82) is 0 Å². The molecule has 8 heteroatoms. The molecule has 0 aliphatic heterocycles. The van der Waals surface area contributed by atoms with E-state index >= 15 is 0 Å². The number of aliphatic hydroxyl groups is 1. The minimum absolute atomic E-state index is 0.00153. The molecule has 0 spiro atoms. The van der Waals surface area contributed by atoms with E-state index in [1.807, 2.05) is 0 Å². The van der Waals surface area contributed by atoms with E-state index in [0.29, 0.717) is 5.56 Å². The minimum atomic E-state index is -1.25. The number of hydrogen-bond donors (Lipinski definition) is 1. The molecule has 0 bridgehead atoms. The van der Waals surface area contributed by atoms with Gasteiger partial charge in [-0.25, -0.2) is 4.79 Å². The van der Waals surface area contributed by atoms with Crippen molar-refractivity contribution in [3.8, 4) is 0 Å². The zero-order valence-corrected chi connectivity index (χ0v) is 10.3. The van der Waals surface area contributed by atoms with E-state index in [9.17, 15) is 20.0 Å². The summed E-state index contributed by atoms with van der Waals surface area (Å²) < 4.78 is 9.19. The van der Waals surface area contributed by atoms with Gasteiger partial charge in [0.05, 0.1) is 12.0 Å². The number of carbonyl (C=O) groups excluding carboxylic acids is 1. The maximum atomic E-state index is 11.5. The average molecular weight is 278 g/mol. The van der Waals surface area contributed by atoms with Gasteiger partial charge in [0.1, 0.15) is 23.6 Å². The number of ether oxygens (including phenoxy) is 1. The zero-order valence-electron chi connectivity index (χ0n) is 10.3. The summed E-state index contributed by atoms with van der Waals surface area (Å²) in [6.07, 6.45) is -0.181. The highest BCUT2D eigenvalue weighted by Crippen LogP contribution is 2.25. The van der Waals surface area contributed by atoms with E-state index in [0.717, 1.165) is 6.26 Å². The van der Waals surface area contributed by atoms with E-state index in [1.165, 1.54) is 31.4 Å². The van der Waals surface area contributed by atoms with Crippen LogP contribution in [0, 0.1) is 10.1 Å². The topological polar surface area (TPSA) is 116 Å². The second-order valence-corrected chi connectivity index (χ2v) is 3.86. The Morgan fingerprint density at radius 2 is 2.10 bits per heavy atom. The van der Waals surface area contributed by atoms with Crippen LogP contribution < -0.4 is 0 Å². The van der Waals surface area contributed by atoms with Crippen LogP contribution in [-0.4, -0.2) is 28.3 Å². The number of aliphatic hydroxyl groups excluding tert-OH is 1. The number of carbonyl (C=O) groups is 1. The van der Waals surface area contributed by atoms with Gasteiger partial charge in [-0.3, -0.25) is 10.1 Å². The number of hydrogen-bond acceptors (Lipinski definition) is 7. The Morgan fingerprint density at radius 3 is 2.65 bits per heavy atom. The molecule has 8 nitrogen and oxygen atoms in total. The van der Waals surface area contributed by atoms with E-state index in [1.54, 1.807) is 0 Å². The van der Waals surface area contributed by atoms with Crippen LogP contribution in [-0.2, 0) is 4.74 Å². The van der Waals surface area contributed by atoms with Gasteiger partial charge in [-0.1, -0.05) is 5.16 Å². The second-order valence-electron chi connectivity index (χ2n) is 3.86. The molecule has 1 N–H and O–H groups in total. The van der Waals surface area contributed by atoms with Gasteiger partial charge in [-0.05, 0) is 17.7 Å². The number of methoxy groups -OCH3 is 1. The van der Waals surface area contributed by atoms with E-state index in [2.05, 4.69) is 14.4 Å². The van der Waals surface area contributed by atoms with Gasteiger partial charge in [0.25, 0.3) is 5.69 Å². The molecule has 0 aliphatic carbocycles. The molecule has 1 heterocycles. The summed E-state index contributed by atoms with van der Waals surface area (Å²) in [5.74, 6) is -0.692. The molecule has 1 aromatic heterocycles. The number of aromatic nitrogens is 1. The molecule has 2 aromatic rings. The molecule has 0 unspecified atom stereocenters. The van der Waals surface area contributed by atoms with Crippen LogP contribution in [0.2, 0.25) is 0 Å². The van der Waals surface area contributed by atoms with Crippen molar-refractivity contribution in [2.24, 2.45) is 0 Å². The summed E-state index contributed by atoms with van der Waals surface area (Å²) in [4.78, 5) is 21.5. The Balaban J connectivity index is 2.31. The number of rotatable bonds is 4. The van der Waals surface area contributed by atoms with Crippen LogP contribution in [0.15, 0.2) is 35.1 Å². The number of nitrogens with zero attached hydrogens (tertiary/aromatic N) is 2. The molecule has 0 saturated heterocycles. The van der Waals surface area contributed by atoms with Crippen molar-refractivity contribution in [1.82, 2.24) is 5.16 Å². The van der Waals surface area contributed by atoms with Crippen molar-refractivity contribution < 1.29 is 24.1 Å². The Kier molecular flexibility index (Phi) is 3.76. The molecule has 1 aromatic carbocycles. The number of benzene rings is 1. The fourth-order valence-corrected chi connectivity index (χ4v) is 1.64. The minimum Gasteiger partial charge on any atom is -0.465 e. The molecule has 1 atom stereocenters. The van der Waals surface area contributed by atoms with Crippen LogP contribution in [0.1, 0.15) is 27.7 Å². The smallest absolute Gasteiger partial charge is 0.343 e. The van der Waals surface area contributed by atoms with Crippen molar-refractivity contribution in [2.45, 2.75) is 6.10 Å². The monoisotopic (exact) mass is 278 g/mol. The molecule has 0 fully saturated rings. The highest BCUT2D eigenvalue weighted by molar-refractivity contribution is 5.90. The lowest BCUT2D eigenvalue weighted by atomic mass is 10.0. The first-order chi connectivity index (χ1) is 9.54. The van der Waals surface area contributed by atoms with Crippen molar-refractivity contribution in [3.05, 3.63) is 57.5 Å². The largest absolute Gasteiger partial charge is 0.465 e. The maximum absolute atomic E-state index is 11.5. The normalized spacial score (nSPS) is 11.9. The zero-order chi connectivity index (χ0) is 14.7. The molecular formula is C12H10N2O6. The van der Waals surface area contributed by atoms with E-state index in [-0.39, 0.29) is 16.9 Å². The van der Waals surface area contributed by atoms with Crippen LogP contribution in [0.5, 0.6) is 0 Å². The summed E-state index contributed by atoms with van der Waals surface area (Å²) in [7, 11) is 1.19. The van der Waals surface area contributed by atoms with Crippen LogP contribution in [0.4, 0.5) is 5.69 Å². The lowest BCUT2D eigenvalue weighted by molar-refractivity contribution is -0.384. The van der Waals surface area contributed by atoms with Gasteiger partial charge < -0.3 is 14.4 Å². The fourth-order valence-electron chi connectivity index (χ4n) is 1.64. The molecule has 0 radical (unpaired) electrons. The Hall–Kier alpha value is -2.74. The Labute approximate surface area is 112 Å². The Morgan fingerprint density at radius 1 is 1.45 bits per heavy atom. The van der Waals surface area contributed by atoms with Crippen LogP contribution in [0.25, 0.3) is 0 Å². The van der Waals surface area contributed by atoms with E-state index in [4.69, 9.17) is 0 Å². The molecular weight excluding hydrogens is 268 g/mol. The first kappa shape index (κ1) is 13.7. The third-order valence-corrected chi connectivity index (χ3v) is 2.68. The van der Waals surface area contributed by atoms with Crippen molar-refractivity contribution in [2.75, 3.05) is 7.11 Å². The van der Waals surface area contributed by atoms with Gasteiger partial charge in [0.15, 0.2) is 0 Å². The van der Waals surface area contributed by atoms with Crippen LogP contribution >= 0.6 is 0 Å². The Bertz CT molecular complexity index is 634. The van der Waals surface area contributed by atoms with Gasteiger partial charge in [0.2, 0.25) is 0 Å². The predicted molar refractivity (Wildman–Crippen MR) is 65.0 cm³/mol. The van der Waals surface area contributed by atoms with Crippen molar-refractivity contribution >= 4 is 11.7 Å². The number of nitro benzene ring substituents is 1.